The highest BCUT2D eigenvalue weighted by Gasteiger charge is 2.14. The van der Waals surface area contributed by atoms with Crippen LogP contribution < -0.4 is 10.0 Å². The van der Waals surface area contributed by atoms with Gasteiger partial charge >= 0.3 is 0 Å². The third-order valence-electron chi connectivity index (χ3n) is 4.73. The first-order valence-corrected chi connectivity index (χ1v) is 11.6. The van der Waals surface area contributed by atoms with E-state index in [2.05, 4.69) is 10.0 Å². The van der Waals surface area contributed by atoms with E-state index < -0.39 is 15.8 Å². The molecular weight excluding hydrogens is 431 g/mol. The van der Waals surface area contributed by atoms with Gasteiger partial charge in [-0.15, -0.1) is 0 Å². The van der Waals surface area contributed by atoms with Crippen LogP contribution in [0.5, 0.6) is 0 Å². The second-order valence-corrected chi connectivity index (χ2v) is 8.89. The number of rotatable bonds is 11. The molecule has 0 aliphatic heterocycles. The lowest BCUT2D eigenvalue weighted by atomic mass is 10.1. The molecule has 8 heteroatoms. The Morgan fingerprint density at radius 1 is 0.844 bits per heavy atom. The summed E-state index contributed by atoms with van der Waals surface area (Å²) < 4.78 is 45.4. The number of benzene rings is 3. The third kappa shape index (κ3) is 7.26. The Morgan fingerprint density at radius 3 is 2.22 bits per heavy atom. The van der Waals surface area contributed by atoms with Crippen molar-refractivity contribution < 1.29 is 22.3 Å². The van der Waals surface area contributed by atoms with Crippen molar-refractivity contribution in [2.24, 2.45) is 0 Å². The summed E-state index contributed by atoms with van der Waals surface area (Å²) in [5, 5.41) is 2.80. The fourth-order valence-electron chi connectivity index (χ4n) is 3.00. The van der Waals surface area contributed by atoms with Crippen LogP contribution in [0.2, 0.25) is 0 Å². The topological polar surface area (TPSA) is 84.5 Å². The molecule has 3 aromatic carbocycles. The zero-order chi connectivity index (χ0) is 22.8. The molecule has 0 aromatic heterocycles. The highest BCUT2D eigenvalue weighted by atomic mass is 32.2. The molecule has 0 unspecified atom stereocenters. The van der Waals surface area contributed by atoms with Gasteiger partial charge in [0.05, 0.1) is 18.1 Å². The van der Waals surface area contributed by atoms with E-state index in [4.69, 9.17) is 4.74 Å². The number of nitrogens with one attached hydrogen (secondary N) is 2. The molecule has 0 spiro atoms. The van der Waals surface area contributed by atoms with E-state index in [0.29, 0.717) is 19.8 Å². The predicted octanol–water partition coefficient (Wildman–Crippen LogP) is 3.53. The zero-order valence-corrected chi connectivity index (χ0v) is 18.3. The highest BCUT2D eigenvalue weighted by molar-refractivity contribution is 7.89. The number of amides is 1. The van der Waals surface area contributed by atoms with E-state index in [1.54, 1.807) is 0 Å². The summed E-state index contributed by atoms with van der Waals surface area (Å²) in [5.74, 6) is -0.805. The van der Waals surface area contributed by atoms with Gasteiger partial charge in [0.1, 0.15) is 5.82 Å². The van der Waals surface area contributed by atoms with Crippen LogP contribution in [0.4, 0.5) is 4.39 Å². The van der Waals surface area contributed by atoms with E-state index >= 15 is 0 Å². The van der Waals surface area contributed by atoms with Gasteiger partial charge in [0.25, 0.3) is 0 Å². The molecule has 0 radical (unpaired) electrons. The van der Waals surface area contributed by atoms with Crippen LogP contribution in [0, 0.1) is 5.82 Å². The maximum atomic E-state index is 13.0. The lowest BCUT2D eigenvalue weighted by Crippen LogP contribution is -2.30. The molecule has 0 saturated heterocycles. The predicted molar refractivity (Wildman–Crippen MR) is 119 cm³/mol. The second-order valence-electron chi connectivity index (χ2n) is 7.13. The first-order chi connectivity index (χ1) is 15.4. The minimum absolute atomic E-state index is 0.0207. The van der Waals surface area contributed by atoms with Crippen molar-refractivity contribution in [2.45, 2.75) is 31.1 Å². The average molecular weight is 457 g/mol. The average Bonchev–Trinajstić information content (AvgIpc) is 2.79. The van der Waals surface area contributed by atoms with E-state index in [1.807, 2.05) is 54.6 Å². The summed E-state index contributed by atoms with van der Waals surface area (Å²) in [6, 6.07) is 22.0. The summed E-state index contributed by atoms with van der Waals surface area (Å²) in [6.45, 7) is 1.16. The molecule has 0 saturated carbocycles. The number of carbonyl (C=O) groups is 1. The maximum absolute atomic E-state index is 13.0. The molecule has 3 aromatic rings. The number of hydrogen-bond donors (Lipinski definition) is 2. The second kappa shape index (κ2) is 11.5. The minimum atomic E-state index is -3.79. The maximum Gasteiger partial charge on any atom is 0.240 e. The van der Waals surface area contributed by atoms with Crippen molar-refractivity contribution in [1.29, 1.82) is 0 Å². The van der Waals surface area contributed by atoms with Crippen molar-refractivity contribution in [2.75, 3.05) is 6.54 Å². The number of hydrogen-bond acceptors (Lipinski definition) is 4. The summed E-state index contributed by atoms with van der Waals surface area (Å²) in [7, 11) is -3.79. The molecule has 0 aliphatic carbocycles. The van der Waals surface area contributed by atoms with Crippen LogP contribution in [0.15, 0.2) is 83.8 Å². The molecule has 168 valence electrons. The monoisotopic (exact) mass is 456 g/mol. The van der Waals surface area contributed by atoms with Crippen molar-refractivity contribution in [3.8, 4) is 0 Å². The lowest BCUT2D eigenvalue weighted by molar-refractivity contribution is -0.121. The molecule has 3 rings (SSSR count). The standard InChI is InChI=1S/C24H25FN2O4S/c25-22-10-12-23(13-11-22)32(29,30)27-15-14-24(28)26-16-20-8-4-5-9-21(20)18-31-17-19-6-2-1-3-7-19/h1-13,27H,14-18H2,(H,26,28). The van der Waals surface area contributed by atoms with Gasteiger partial charge in [0.15, 0.2) is 0 Å². The Morgan fingerprint density at radius 2 is 1.50 bits per heavy atom. The van der Waals surface area contributed by atoms with Crippen LogP contribution in [0.25, 0.3) is 0 Å². The van der Waals surface area contributed by atoms with Gasteiger partial charge in [-0.2, -0.15) is 0 Å². The fraction of sp³-hybridized carbons (Fsp3) is 0.208. The molecule has 0 heterocycles. The van der Waals surface area contributed by atoms with E-state index in [1.165, 1.54) is 12.1 Å². The Hall–Kier alpha value is -3.07. The van der Waals surface area contributed by atoms with Gasteiger partial charge in [-0.3, -0.25) is 4.79 Å². The number of halogens is 1. The third-order valence-corrected chi connectivity index (χ3v) is 6.21. The fourth-order valence-corrected chi connectivity index (χ4v) is 4.03. The lowest BCUT2D eigenvalue weighted by Gasteiger charge is -2.12. The molecule has 1 amide bonds. The van der Waals surface area contributed by atoms with Gasteiger partial charge in [0.2, 0.25) is 15.9 Å². The van der Waals surface area contributed by atoms with Crippen molar-refractivity contribution in [3.05, 3.63) is 101 Å². The molecule has 6 nitrogen and oxygen atoms in total. The molecule has 0 bridgehead atoms. The highest BCUT2D eigenvalue weighted by Crippen LogP contribution is 2.12. The Balaban J connectivity index is 1.44. The van der Waals surface area contributed by atoms with Gasteiger partial charge in [-0.05, 0) is 41.0 Å². The minimum Gasteiger partial charge on any atom is -0.372 e. The molecular formula is C24H25FN2O4S. The SMILES string of the molecule is O=C(CCNS(=O)(=O)c1ccc(F)cc1)NCc1ccccc1COCc1ccccc1. The zero-order valence-electron chi connectivity index (χ0n) is 17.5. The van der Waals surface area contributed by atoms with Gasteiger partial charge in [0, 0.05) is 19.5 Å². The van der Waals surface area contributed by atoms with Crippen molar-refractivity contribution >= 4 is 15.9 Å². The Kier molecular flexibility index (Phi) is 8.49. The summed E-state index contributed by atoms with van der Waals surface area (Å²) in [4.78, 5) is 12.1. The molecule has 32 heavy (non-hydrogen) atoms. The van der Waals surface area contributed by atoms with Gasteiger partial charge in [-0.25, -0.2) is 17.5 Å². The van der Waals surface area contributed by atoms with Gasteiger partial charge < -0.3 is 10.1 Å². The first-order valence-electron chi connectivity index (χ1n) is 10.1. The van der Waals surface area contributed by atoms with Crippen LogP contribution in [-0.2, 0) is 39.3 Å². The van der Waals surface area contributed by atoms with E-state index in [-0.39, 0.29) is 23.8 Å². The normalized spacial score (nSPS) is 11.3. The molecule has 2 N–H and O–H groups in total. The first kappa shape index (κ1) is 23.6. The molecule has 0 fully saturated rings. The van der Waals surface area contributed by atoms with E-state index in [0.717, 1.165) is 28.8 Å². The summed E-state index contributed by atoms with van der Waals surface area (Å²) in [6.07, 6.45) is -0.0207. The van der Waals surface area contributed by atoms with Crippen LogP contribution in [0.3, 0.4) is 0 Å². The van der Waals surface area contributed by atoms with Crippen LogP contribution in [-0.4, -0.2) is 20.9 Å². The van der Waals surface area contributed by atoms with Crippen molar-refractivity contribution in [3.63, 3.8) is 0 Å². The summed E-state index contributed by atoms with van der Waals surface area (Å²) >= 11 is 0. The number of carbonyl (C=O) groups excluding carboxylic acids is 1. The summed E-state index contributed by atoms with van der Waals surface area (Å²) in [5.41, 5.74) is 2.99. The van der Waals surface area contributed by atoms with Gasteiger partial charge in [-0.1, -0.05) is 54.6 Å². The molecule has 0 aliphatic rings. The van der Waals surface area contributed by atoms with Crippen molar-refractivity contribution in [1.82, 2.24) is 10.0 Å². The largest absolute Gasteiger partial charge is 0.372 e. The van der Waals surface area contributed by atoms with Crippen LogP contribution >= 0.6 is 0 Å². The Bertz CT molecular complexity index is 1120. The number of ether oxygens (including phenoxy) is 1. The van der Waals surface area contributed by atoms with E-state index in [9.17, 15) is 17.6 Å². The quantitative estimate of drug-likeness (QED) is 0.462. The number of sulfonamides is 1. The smallest absolute Gasteiger partial charge is 0.240 e. The molecule has 0 atom stereocenters. The Labute approximate surface area is 187 Å². The van der Waals surface area contributed by atoms with Crippen LogP contribution in [0.1, 0.15) is 23.1 Å².